The first kappa shape index (κ1) is 15.1. The van der Waals surface area contributed by atoms with Crippen molar-refractivity contribution >= 4 is 0 Å². The Morgan fingerprint density at radius 1 is 1.05 bits per heavy atom. The molecule has 2 aliphatic carbocycles. The van der Waals surface area contributed by atoms with E-state index in [1.54, 1.807) is 0 Å². The van der Waals surface area contributed by atoms with Crippen LogP contribution in [-0.2, 0) is 0 Å². The first-order chi connectivity index (χ1) is 10.3. The van der Waals surface area contributed by atoms with Gasteiger partial charge in [0.25, 0.3) is 0 Å². The standard InChI is InChI=1S/C19H30N2/c1-2-21(17-10-6-7-11-17)19-14-16(12-13-18(19)20)15-8-4-3-5-9-15/h3-5,8-9,16-19H,2,6-7,10-14,20H2,1H3. The molecule has 2 nitrogen and oxygen atoms in total. The SMILES string of the molecule is CCN(C1CCCC1)C1CC(c2ccccc2)CCC1N. The fraction of sp³-hybridized carbons (Fsp3) is 0.684. The normalized spacial score (nSPS) is 30.9. The van der Waals surface area contributed by atoms with Crippen LogP contribution in [0, 0.1) is 0 Å². The fourth-order valence-electron chi connectivity index (χ4n) is 4.58. The molecule has 0 saturated heterocycles. The van der Waals surface area contributed by atoms with E-state index in [0.29, 0.717) is 18.0 Å². The molecule has 0 spiro atoms. The maximum Gasteiger partial charge on any atom is 0.0255 e. The topological polar surface area (TPSA) is 29.3 Å². The van der Waals surface area contributed by atoms with Crippen LogP contribution in [0.2, 0.25) is 0 Å². The summed E-state index contributed by atoms with van der Waals surface area (Å²) >= 11 is 0. The first-order valence-electron chi connectivity index (χ1n) is 8.86. The van der Waals surface area contributed by atoms with E-state index in [-0.39, 0.29) is 0 Å². The summed E-state index contributed by atoms with van der Waals surface area (Å²) in [6, 6.07) is 12.8. The second kappa shape index (κ2) is 6.93. The molecule has 2 aliphatic rings. The summed E-state index contributed by atoms with van der Waals surface area (Å²) in [5, 5.41) is 0. The van der Waals surface area contributed by atoms with E-state index >= 15 is 0 Å². The van der Waals surface area contributed by atoms with Gasteiger partial charge in [-0.05, 0) is 50.1 Å². The molecular weight excluding hydrogens is 256 g/mol. The van der Waals surface area contributed by atoms with E-state index in [4.69, 9.17) is 5.73 Å². The minimum Gasteiger partial charge on any atom is -0.326 e. The lowest BCUT2D eigenvalue weighted by atomic mass is 9.78. The Balaban J connectivity index is 1.73. The zero-order valence-electron chi connectivity index (χ0n) is 13.4. The van der Waals surface area contributed by atoms with Crippen molar-refractivity contribution in [3.8, 4) is 0 Å². The predicted octanol–water partition coefficient (Wildman–Crippen LogP) is 3.91. The van der Waals surface area contributed by atoms with Gasteiger partial charge < -0.3 is 5.73 Å². The fourth-order valence-corrected chi connectivity index (χ4v) is 4.58. The third-order valence-corrected chi connectivity index (χ3v) is 5.72. The van der Waals surface area contributed by atoms with Gasteiger partial charge in [0, 0.05) is 18.1 Å². The van der Waals surface area contributed by atoms with Crippen LogP contribution in [0.5, 0.6) is 0 Å². The molecule has 0 aliphatic heterocycles. The van der Waals surface area contributed by atoms with Crippen molar-refractivity contribution in [2.75, 3.05) is 6.54 Å². The monoisotopic (exact) mass is 286 g/mol. The van der Waals surface area contributed by atoms with Crippen molar-refractivity contribution in [2.45, 2.75) is 75.9 Å². The van der Waals surface area contributed by atoms with Crippen LogP contribution in [-0.4, -0.2) is 29.6 Å². The van der Waals surface area contributed by atoms with Crippen LogP contribution in [0.4, 0.5) is 0 Å². The van der Waals surface area contributed by atoms with Gasteiger partial charge in [-0.1, -0.05) is 50.1 Å². The minimum absolute atomic E-state index is 0.366. The molecule has 1 aromatic carbocycles. The maximum atomic E-state index is 6.52. The second-order valence-corrected chi connectivity index (χ2v) is 6.92. The lowest BCUT2D eigenvalue weighted by molar-refractivity contribution is 0.0905. The molecular formula is C19H30N2. The zero-order valence-corrected chi connectivity index (χ0v) is 13.4. The zero-order chi connectivity index (χ0) is 14.7. The highest BCUT2D eigenvalue weighted by atomic mass is 15.2. The quantitative estimate of drug-likeness (QED) is 0.909. The van der Waals surface area contributed by atoms with Gasteiger partial charge in [0.1, 0.15) is 0 Å². The molecule has 2 N–H and O–H groups in total. The third-order valence-electron chi connectivity index (χ3n) is 5.72. The summed E-state index contributed by atoms with van der Waals surface area (Å²) in [6.07, 6.45) is 9.25. The van der Waals surface area contributed by atoms with Gasteiger partial charge in [-0.2, -0.15) is 0 Å². The van der Waals surface area contributed by atoms with Crippen LogP contribution in [0.1, 0.15) is 63.4 Å². The van der Waals surface area contributed by atoms with Crippen LogP contribution in [0.25, 0.3) is 0 Å². The van der Waals surface area contributed by atoms with Gasteiger partial charge in [0.05, 0.1) is 0 Å². The van der Waals surface area contributed by atoms with E-state index in [9.17, 15) is 0 Å². The van der Waals surface area contributed by atoms with Crippen molar-refractivity contribution in [1.29, 1.82) is 0 Å². The molecule has 21 heavy (non-hydrogen) atoms. The van der Waals surface area contributed by atoms with E-state index in [0.717, 1.165) is 12.6 Å². The number of hydrogen-bond donors (Lipinski definition) is 1. The lowest BCUT2D eigenvalue weighted by Gasteiger charge is -2.44. The summed E-state index contributed by atoms with van der Waals surface area (Å²) < 4.78 is 0. The number of hydrogen-bond acceptors (Lipinski definition) is 2. The Morgan fingerprint density at radius 3 is 2.43 bits per heavy atom. The molecule has 0 amide bonds. The van der Waals surface area contributed by atoms with Crippen molar-refractivity contribution in [1.82, 2.24) is 4.90 Å². The molecule has 3 atom stereocenters. The predicted molar refractivity (Wildman–Crippen MR) is 89.4 cm³/mol. The highest BCUT2D eigenvalue weighted by molar-refractivity contribution is 5.21. The van der Waals surface area contributed by atoms with Gasteiger partial charge in [-0.15, -0.1) is 0 Å². The van der Waals surface area contributed by atoms with Crippen molar-refractivity contribution in [3.05, 3.63) is 35.9 Å². The molecule has 3 rings (SSSR count). The van der Waals surface area contributed by atoms with Gasteiger partial charge in [0.15, 0.2) is 0 Å². The maximum absolute atomic E-state index is 6.52. The van der Waals surface area contributed by atoms with Crippen LogP contribution >= 0.6 is 0 Å². The molecule has 2 saturated carbocycles. The van der Waals surface area contributed by atoms with Crippen LogP contribution in [0.15, 0.2) is 30.3 Å². The number of rotatable bonds is 4. The smallest absolute Gasteiger partial charge is 0.0255 e. The number of benzene rings is 1. The number of likely N-dealkylation sites (N-methyl/N-ethyl adjacent to an activating group) is 1. The Kier molecular flexibility index (Phi) is 4.97. The summed E-state index contributed by atoms with van der Waals surface area (Å²) in [6.45, 7) is 3.47. The second-order valence-electron chi connectivity index (χ2n) is 6.92. The minimum atomic E-state index is 0.366. The molecule has 0 bridgehead atoms. The summed E-state index contributed by atoms with van der Waals surface area (Å²) in [5.41, 5.74) is 8.03. The van der Waals surface area contributed by atoms with Crippen LogP contribution < -0.4 is 5.73 Å². The van der Waals surface area contributed by atoms with E-state index in [1.165, 1.54) is 50.5 Å². The summed E-state index contributed by atoms with van der Waals surface area (Å²) in [5.74, 6) is 0.700. The van der Waals surface area contributed by atoms with Gasteiger partial charge in [-0.3, -0.25) is 4.90 Å². The van der Waals surface area contributed by atoms with E-state index in [2.05, 4.69) is 42.2 Å². The molecule has 1 aromatic rings. The molecule has 3 unspecified atom stereocenters. The number of nitrogens with two attached hydrogens (primary N) is 1. The van der Waals surface area contributed by atoms with Crippen LogP contribution in [0.3, 0.4) is 0 Å². The highest BCUT2D eigenvalue weighted by Crippen LogP contribution is 2.37. The van der Waals surface area contributed by atoms with Gasteiger partial charge in [0.2, 0.25) is 0 Å². The third kappa shape index (κ3) is 3.32. The Morgan fingerprint density at radius 2 is 1.76 bits per heavy atom. The molecule has 116 valence electrons. The summed E-state index contributed by atoms with van der Waals surface area (Å²) in [7, 11) is 0. The Bertz CT molecular complexity index is 424. The summed E-state index contributed by atoms with van der Waals surface area (Å²) in [4.78, 5) is 2.74. The average molecular weight is 286 g/mol. The molecule has 0 radical (unpaired) electrons. The molecule has 2 fully saturated rings. The van der Waals surface area contributed by atoms with E-state index in [1.807, 2.05) is 0 Å². The molecule has 0 heterocycles. The van der Waals surface area contributed by atoms with Crippen molar-refractivity contribution in [3.63, 3.8) is 0 Å². The van der Waals surface area contributed by atoms with Gasteiger partial charge >= 0.3 is 0 Å². The Labute approximate surface area is 129 Å². The first-order valence-corrected chi connectivity index (χ1v) is 8.86. The van der Waals surface area contributed by atoms with Gasteiger partial charge in [-0.25, -0.2) is 0 Å². The molecule has 2 heteroatoms. The number of nitrogens with zero attached hydrogens (tertiary/aromatic N) is 1. The molecule has 0 aromatic heterocycles. The highest BCUT2D eigenvalue weighted by Gasteiger charge is 2.36. The lowest BCUT2D eigenvalue weighted by Crippen LogP contribution is -2.53. The Hall–Kier alpha value is -0.860. The van der Waals surface area contributed by atoms with Crippen molar-refractivity contribution in [2.24, 2.45) is 5.73 Å². The average Bonchev–Trinajstić information content (AvgIpc) is 3.05. The largest absolute Gasteiger partial charge is 0.326 e. The van der Waals surface area contributed by atoms with E-state index < -0.39 is 0 Å². The van der Waals surface area contributed by atoms with Crippen molar-refractivity contribution < 1.29 is 0 Å².